The predicted molar refractivity (Wildman–Crippen MR) is 145 cm³/mol. The van der Waals surface area contributed by atoms with E-state index in [9.17, 15) is 18.0 Å². The smallest absolute Gasteiger partial charge is 0.319 e. The van der Waals surface area contributed by atoms with Crippen molar-refractivity contribution in [3.63, 3.8) is 0 Å². The lowest BCUT2D eigenvalue weighted by Gasteiger charge is -2.15. The molecule has 11 nitrogen and oxygen atoms in total. The summed E-state index contributed by atoms with van der Waals surface area (Å²) in [5, 5.41) is 8.46. The number of benzene rings is 2. The molecule has 0 bridgehead atoms. The van der Waals surface area contributed by atoms with Crippen LogP contribution in [0.1, 0.15) is 21.6 Å². The summed E-state index contributed by atoms with van der Waals surface area (Å²) >= 11 is 6.19. The summed E-state index contributed by atoms with van der Waals surface area (Å²) in [7, 11) is -1.82. The molecule has 38 heavy (non-hydrogen) atoms. The zero-order valence-corrected chi connectivity index (χ0v) is 22.6. The summed E-state index contributed by atoms with van der Waals surface area (Å²) in [5.74, 6) is 1.01. The second-order valence-electron chi connectivity index (χ2n) is 8.12. The molecule has 0 aliphatic carbocycles. The van der Waals surface area contributed by atoms with Gasteiger partial charge in [0.15, 0.2) is 0 Å². The number of urea groups is 1. The van der Waals surface area contributed by atoms with Gasteiger partial charge in [0.05, 0.1) is 11.9 Å². The van der Waals surface area contributed by atoms with Crippen molar-refractivity contribution in [1.82, 2.24) is 20.3 Å². The summed E-state index contributed by atoms with van der Waals surface area (Å²) in [5.41, 5.74) is 2.19. The molecule has 0 spiro atoms. The van der Waals surface area contributed by atoms with Crippen molar-refractivity contribution in [2.24, 2.45) is 0 Å². The third kappa shape index (κ3) is 8.91. The second kappa shape index (κ2) is 13.1. The molecule has 1 heterocycles. The number of halogens is 1. The zero-order chi connectivity index (χ0) is 27.7. The lowest BCUT2D eigenvalue weighted by atomic mass is 10.2. The summed E-state index contributed by atoms with van der Waals surface area (Å²) in [6.45, 7) is 2.13. The first kappa shape index (κ1) is 28.7. The van der Waals surface area contributed by atoms with Crippen LogP contribution in [-0.2, 0) is 16.6 Å². The van der Waals surface area contributed by atoms with E-state index >= 15 is 0 Å². The third-order valence-electron chi connectivity index (χ3n) is 5.04. The van der Waals surface area contributed by atoms with Gasteiger partial charge in [-0.15, -0.1) is 0 Å². The number of nitrogens with one attached hydrogen (secondary N) is 4. The Hall–Kier alpha value is -3.87. The molecule has 0 aliphatic rings. The largest absolute Gasteiger partial charge is 0.490 e. The predicted octanol–water partition coefficient (Wildman–Crippen LogP) is 3.45. The van der Waals surface area contributed by atoms with Crippen molar-refractivity contribution in [2.75, 3.05) is 31.8 Å². The van der Waals surface area contributed by atoms with E-state index in [1.807, 2.05) is 0 Å². The molecule has 3 rings (SSSR count). The number of hydrogen-bond acceptors (Lipinski definition) is 7. The van der Waals surface area contributed by atoms with E-state index < -0.39 is 16.1 Å². The number of carbonyl (C=O) groups is 2. The van der Waals surface area contributed by atoms with E-state index in [1.165, 1.54) is 19.3 Å². The molecule has 4 N–H and O–H groups in total. The number of aryl methyl sites for hydroxylation is 1. The van der Waals surface area contributed by atoms with Gasteiger partial charge in [0.25, 0.3) is 5.91 Å². The molecule has 3 amide bonds. The van der Waals surface area contributed by atoms with E-state index in [0.29, 0.717) is 28.0 Å². The summed E-state index contributed by atoms with van der Waals surface area (Å²) in [6.07, 6.45) is 2.54. The van der Waals surface area contributed by atoms with Crippen LogP contribution in [0, 0.1) is 6.92 Å². The second-order valence-corrected chi connectivity index (χ2v) is 10.4. The van der Waals surface area contributed by atoms with Crippen LogP contribution >= 0.6 is 11.6 Å². The minimum Gasteiger partial charge on any atom is -0.490 e. The van der Waals surface area contributed by atoms with Crippen molar-refractivity contribution in [3.8, 4) is 17.2 Å². The van der Waals surface area contributed by atoms with Gasteiger partial charge in [0.1, 0.15) is 29.5 Å². The average molecular weight is 562 g/mol. The van der Waals surface area contributed by atoms with Crippen molar-refractivity contribution in [1.29, 1.82) is 0 Å². The van der Waals surface area contributed by atoms with E-state index in [0.717, 1.165) is 17.4 Å². The summed E-state index contributed by atoms with van der Waals surface area (Å²) in [6, 6.07) is 13.0. The van der Waals surface area contributed by atoms with Crippen LogP contribution in [0.15, 0.2) is 54.7 Å². The fourth-order valence-corrected chi connectivity index (χ4v) is 3.76. The maximum Gasteiger partial charge on any atom is 0.319 e. The standard InChI is InChI=1S/C25H28ClN5O6S/c1-16-12-21(23(14-20(16)26)36-11-10-30-38(3,34)35)31-25(33)29-15-17-4-6-18(7-5-17)37-19-8-9-28-22(13-19)24(32)27-2/h4-9,12-14,30H,10-11,15H2,1-3H3,(H,27,32)(H2,29,31,33). The van der Waals surface area contributed by atoms with Gasteiger partial charge in [-0.3, -0.25) is 9.78 Å². The Kier molecular flexibility index (Phi) is 9.88. The van der Waals surface area contributed by atoms with Crippen molar-refractivity contribution < 1.29 is 27.5 Å². The Balaban J connectivity index is 1.56. The lowest BCUT2D eigenvalue weighted by Crippen LogP contribution is -2.29. The van der Waals surface area contributed by atoms with E-state index in [2.05, 4.69) is 25.7 Å². The zero-order valence-electron chi connectivity index (χ0n) is 21.0. The molecule has 1 aromatic heterocycles. The van der Waals surface area contributed by atoms with Crippen molar-refractivity contribution in [3.05, 3.63) is 76.6 Å². The number of rotatable bonds is 11. The highest BCUT2D eigenvalue weighted by molar-refractivity contribution is 7.88. The van der Waals surface area contributed by atoms with Crippen LogP contribution < -0.4 is 30.1 Å². The third-order valence-corrected chi connectivity index (χ3v) is 6.17. The van der Waals surface area contributed by atoms with Crippen LogP contribution in [0.5, 0.6) is 17.2 Å². The Morgan fingerprint density at radius 1 is 1.05 bits per heavy atom. The van der Waals surface area contributed by atoms with E-state index in [1.54, 1.807) is 49.4 Å². The van der Waals surface area contributed by atoms with Crippen LogP contribution in [0.3, 0.4) is 0 Å². The van der Waals surface area contributed by atoms with E-state index in [-0.39, 0.29) is 31.3 Å². The highest BCUT2D eigenvalue weighted by Gasteiger charge is 2.12. The fraction of sp³-hybridized carbons (Fsp3) is 0.240. The number of hydrogen-bond donors (Lipinski definition) is 4. The van der Waals surface area contributed by atoms with Gasteiger partial charge in [-0.2, -0.15) is 0 Å². The number of pyridine rings is 1. The quantitative estimate of drug-likeness (QED) is 0.262. The lowest BCUT2D eigenvalue weighted by molar-refractivity contribution is 0.0957. The minimum absolute atomic E-state index is 0.0454. The highest BCUT2D eigenvalue weighted by Crippen LogP contribution is 2.31. The monoisotopic (exact) mass is 561 g/mol. The first-order chi connectivity index (χ1) is 18.0. The first-order valence-corrected chi connectivity index (χ1v) is 13.7. The van der Waals surface area contributed by atoms with Gasteiger partial charge < -0.3 is 25.4 Å². The normalized spacial score (nSPS) is 10.9. The Morgan fingerprint density at radius 2 is 1.79 bits per heavy atom. The Morgan fingerprint density at radius 3 is 2.47 bits per heavy atom. The number of nitrogens with zero attached hydrogens (tertiary/aromatic N) is 1. The first-order valence-electron chi connectivity index (χ1n) is 11.4. The number of aromatic nitrogens is 1. The molecule has 0 unspecified atom stereocenters. The van der Waals surface area contributed by atoms with Crippen molar-refractivity contribution in [2.45, 2.75) is 13.5 Å². The Labute approximate surface area is 225 Å². The minimum atomic E-state index is -3.34. The number of ether oxygens (including phenoxy) is 2. The molecule has 202 valence electrons. The van der Waals surface area contributed by atoms with Gasteiger partial charge in [0, 0.05) is 43.5 Å². The highest BCUT2D eigenvalue weighted by atomic mass is 35.5. The SMILES string of the molecule is CNC(=O)c1cc(Oc2ccc(CNC(=O)Nc3cc(C)c(Cl)cc3OCCNS(C)(=O)=O)cc2)ccn1. The van der Waals surface area contributed by atoms with E-state index in [4.69, 9.17) is 21.1 Å². The van der Waals surface area contributed by atoms with Crippen LogP contribution in [0.2, 0.25) is 5.02 Å². The van der Waals surface area contributed by atoms with Gasteiger partial charge >= 0.3 is 6.03 Å². The van der Waals surface area contributed by atoms with Crippen molar-refractivity contribution >= 4 is 39.2 Å². The maximum atomic E-state index is 12.5. The van der Waals surface area contributed by atoms with Gasteiger partial charge in [0.2, 0.25) is 10.0 Å². The summed E-state index contributed by atoms with van der Waals surface area (Å²) < 4.78 is 36.2. The van der Waals surface area contributed by atoms with Crippen LogP contribution in [-0.4, -0.2) is 51.8 Å². The number of amides is 3. The molecule has 13 heteroatoms. The molecular formula is C25H28ClN5O6S. The molecule has 2 aromatic carbocycles. The maximum absolute atomic E-state index is 12.5. The fourth-order valence-electron chi connectivity index (χ4n) is 3.16. The molecule has 0 radical (unpaired) electrons. The number of sulfonamides is 1. The Bertz CT molecular complexity index is 1400. The average Bonchev–Trinajstić information content (AvgIpc) is 2.88. The van der Waals surface area contributed by atoms with Crippen LogP contribution in [0.4, 0.5) is 10.5 Å². The summed E-state index contributed by atoms with van der Waals surface area (Å²) in [4.78, 5) is 28.3. The molecule has 0 fully saturated rings. The number of anilines is 1. The van der Waals surface area contributed by atoms with Gasteiger partial charge in [-0.25, -0.2) is 17.9 Å². The van der Waals surface area contributed by atoms with Crippen LogP contribution in [0.25, 0.3) is 0 Å². The molecule has 3 aromatic rings. The molecule has 0 saturated heterocycles. The van der Waals surface area contributed by atoms with Gasteiger partial charge in [-0.05, 0) is 42.3 Å². The van der Waals surface area contributed by atoms with Gasteiger partial charge in [-0.1, -0.05) is 23.7 Å². The number of carbonyl (C=O) groups excluding carboxylic acids is 2. The topological polar surface area (TPSA) is 148 Å². The molecular weight excluding hydrogens is 534 g/mol. The molecule has 0 aliphatic heterocycles. The molecule has 0 atom stereocenters. The molecule has 0 saturated carbocycles.